The maximum Gasteiger partial charge on any atom is 0.230 e. The van der Waals surface area contributed by atoms with Crippen molar-refractivity contribution in [1.82, 2.24) is 20.1 Å². The molecule has 0 bridgehead atoms. The first-order valence-corrected chi connectivity index (χ1v) is 12.9. The highest BCUT2D eigenvalue weighted by Gasteiger charge is 2.23. The van der Waals surface area contributed by atoms with Gasteiger partial charge in [0.1, 0.15) is 5.75 Å². The summed E-state index contributed by atoms with van der Waals surface area (Å²) in [5.74, 6) is 2.06. The van der Waals surface area contributed by atoms with Crippen molar-refractivity contribution in [1.29, 1.82) is 0 Å². The first-order valence-electron chi connectivity index (χ1n) is 11.9. The second-order valence-electron chi connectivity index (χ2n) is 8.56. The summed E-state index contributed by atoms with van der Waals surface area (Å²) in [7, 11) is 1.66. The molecule has 182 valence electrons. The molecule has 0 spiro atoms. The van der Waals surface area contributed by atoms with Gasteiger partial charge < -0.3 is 24.7 Å². The Labute approximate surface area is 201 Å². The van der Waals surface area contributed by atoms with Crippen LogP contribution in [-0.2, 0) is 16.1 Å². The standard InChI is InChI=1S/C24H37N5O3S/c1-18(2)32-14-8-13-25-23(30)17-33-24-28-27-22(29(24)20-10-5-4-6-11-20)16-26-19-9-7-12-21(15-19)31-3/h7,9,12,15,18,20,26H,4-6,8,10-11,13-14,16-17H2,1-3H3,(H,25,30). The van der Waals surface area contributed by atoms with E-state index in [0.29, 0.717) is 31.5 Å². The monoisotopic (exact) mass is 475 g/mol. The summed E-state index contributed by atoms with van der Waals surface area (Å²) in [4.78, 5) is 12.3. The van der Waals surface area contributed by atoms with Gasteiger partial charge in [-0.1, -0.05) is 37.1 Å². The van der Waals surface area contributed by atoms with Crippen molar-refractivity contribution in [3.8, 4) is 5.75 Å². The van der Waals surface area contributed by atoms with Crippen molar-refractivity contribution in [2.45, 2.75) is 76.2 Å². The van der Waals surface area contributed by atoms with Crippen LogP contribution in [0.25, 0.3) is 0 Å². The lowest BCUT2D eigenvalue weighted by atomic mass is 9.95. The van der Waals surface area contributed by atoms with Gasteiger partial charge in [-0.2, -0.15) is 0 Å². The van der Waals surface area contributed by atoms with E-state index in [1.165, 1.54) is 31.0 Å². The van der Waals surface area contributed by atoms with Gasteiger partial charge in [-0.15, -0.1) is 10.2 Å². The summed E-state index contributed by atoms with van der Waals surface area (Å²) in [6, 6.07) is 8.24. The molecule has 1 fully saturated rings. The number of methoxy groups -OCH3 is 1. The number of amides is 1. The van der Waals surface area contributed by atoms with Crippen molar-refractivity contribution in [3.63, 3.8) is 0 Å². The molecule has 9 heteroatoms. The number of thioether (sulfide) groups is 1. The molecular weight excluding hydrogens is 438 g/mol. The molecule has 1 saturated carbocycles. The molecule has 0 unspecified atom stereocenters. The smallest absolute Gasteiger partial charge is 0.230 e. The van der Waals surface area contributed by atoms with Crippen LogP contribution in [0.4, 0.5) is 5.69 Å². The van der Waals surface area contributed by atoms with Gasteiger partial charge in [-0.05, 0) is 45.2 Å². The van der Waals surface area contributed by atoms with Gasteiger partial charge in [0, 0.05) is 30.9 Å². The molecule has 2 aromatic rings. The zero-order valence-corrected chi connectivity index (χ0v) is 20.8. The van der Waals surface area contributed by atoms with Crippen LogP contribution < -0.4 is 15.4 Å². The lowest BCUT2D eigenvalue weighted by Crippen LogP contribution is -2.27. The molecule has 0 radical (unpaired) electrons. The number of carbonyl (C=O) groups is 1. The summed E-state index contributed by atoms with van der Waals surface area (Å²) in [6.45, 7) is 5.87. The van der Waals surface area contributed by atoms with Gasteiger partial charge in [0.15, 0.2) is 11.0 Å². The molecule has 1 aromatic carbocycles. The highest BCUT2D eigenvalue weighted by molar-refractivity contribution is 7.99. The van der Waals surface area contributed by atoms with Crippen molar-refractivity contribution < 1.29 is 14.3 Å². The molecule has 0 saturated heterocycles. The topological polar surface area (TPSA) is 90.3 Å². The molecule has 3 rings (SSSR count). The van der Waals surface area contributed by atoms with Gasteiger partial charge in [0.05, 0.1) is 25.5 Å². The van der Waals surface area contributed by atoms with Crippen molar-refractivity contribution in [2.75, 3.05) is 31.3 Å². The van der Waals surface area contributed by atoms with Crippen molar-refractivity contribution >= 4 is 23.4 Å². The number of anilines is 1. The lowest BCUT2D eigenvalue weighted by molar-refractivity contribution is -0.118. The van der Waals surface area contributed by atoms with Crippen LogP contribution in [0.2, 0.25) is 0 Å². The van der Waals surface area contributed by atoms with Crippen LogP contribution in [-0.4, -0.2) is 52.8 Å². The van der Waals surface area contributed by atoms with E-state index in [2.05, 4.69) is 25.4 Å². The third kappa shape index (κ3) is 8.23. The Morgan fingerprint density at radius 1 is 1.24 bits per heavy atom. The molecule has 1 aliphatic carbocycles. The predicted octanol–water partition coefficient (Wildman–Crippen LogP) is 4.43. The summed E-state index contributed by atoms with van der Waals surface area (Å²) in [6.07, 6.45) is 6.99. The third-order valence-electron chi connectivity index (χ3n) is 5.62. The van der Waals surface area contributed by atoms with Crippen LogP contribution in [0, 0.1) is 0 Å². The zero-order valence-electron chi connectivity index (χ0n) is 20.0. The molecule has 1 aromatic heterocycles. The summed E-state index contributed by atoms with van der Waals surface area (Å²) < 4.78 is 13.1. The molecule has 1 aliphatic rings. The van der Waals surface area contributed by atoms with E-state index in [1.54, 1.807) is 7.11 Å². The normalized spacial score (nSPS) is 14.4. The average Bonchev–Trinajstić information content (AvgIpc) is 3.24. The number of nitrogens with one attached hydrogen (secondary N) is 2. The molecular formula is C24H37N5O3S. The fourth-order valence-electron chi connectivity index (χ4n) is 3.95. The average molecular weight is 476 g/mol. The Balaban J connectivity index is 1.58. The van der Waals surface area contributed by atoms with E-state index in [0.717, 1.165) is 41.7 Å². The summed E-state index contributed by atoms with van der Waals surface area (Å²) in [5, 5.41) is 16.2. The molecule has 1 heterocycles. The molecule has 0 aliphatic heterocycles. The number of hydrogen-bond donors (Lipinski definition) is 2. The first kappa shape index (κ1) is 25.4. The van der Waals surface area contributed by atoms with Gasteiger partial charge in [-0.3, -0.25) is 4.79 Å². The molecule has 2 N–H and O–H groups in total. The highest BCUT2D eigenvalue weighted by atomic mass is 32.2. The minimum atomic E-state index is 0.0128. The summed E-state index contributed by atoms with van der Waals surface area (Å²) >= 11 is 1.46. The maximum atomic E-state index is 12.3. The Morgan fingerprint density at radius 2 is 2.06 bits per heavy atom. The van der Waals surface area contributed by atoms with E-state index in [9.17, 15) is 4.79 Å². The van der Waals surface area contributed by atoms with Gasteiger partial charge >= 0.3 is 0 Å². The quantitative estimate of drug-likeness (QED) is 0.327. The minimum absolute atomic E-state index is 0.0128. The van der Waals surface area contributed by atoms with E-state index in [1.807, 2.05) is 38.1 Å². The van der Waals surface area contributed by atoms with Crippen LogP contribution in [0.3, 0.4) is 0 Å². The third-order valence-corrected chi connectivity index (χ3v) is 6.57. The molecule has 1 amide bonds. The maximum absolute atomic E-state index is 12.3. The zero-order chi connectivity index (χ0) is 23.5. The molecule has 0 atom stereocenters. The van der Waals surface area contributed by atoms with Crippen LogP contribution in [0.5, 0.6) is 5.75 Å². The van der Waals surface area contributed by atoms with Crippen molar-refractivity contribution in [2.24, 2.45) is 0 Å². The van der Waals surface area contributed by atoms with Gasteiger partial charge in [0.25, 0.3) is 0 Å². The Bertz CT molecular complexity index is 868. The van der Waals surface area contributed by atoms with E-state index < -0.39 is 0 Å². The number of hydrogen-bond acceptors (Lipinski definition) is 7. The second-order valence-corrected chi connectivity index (χ2v) is 9.50. The number of rotatable bonds is 13. The first-order chi connectivity index (χ1) is 16.1. The van der Waals surface area contributed by atoms with E-state index in [-0.39, 0.29) is 12.0 Å². The lowest BCUT2D eigenvalue weighted by Gasteiger charge is -2.25. The Kier molecular flexibility index (Phi) is 10.3. The number of benzene rings is 1. The minimum Gasteiger partial charge on any atom is -0.497 e. The van der Waals surface area contributed by atoms with E-state index >= 15 is 0 Å². The number of nitrogens with zero attached hydrogens (tertiary/aromatic N) is 3. The number of ether oxygens (including phenoxy) is 2. The Morgan fingerprint density at radius 3 is 2.82 bits per heavy atom. The number of carbonyl (C=O) groups excluding carboxylic acids is 1. The fraction of sp³-hybridized carbons (Fsp3) is 0.625. The highest BCUT2D eigenvalue weighted by Crippen LogP contribution is 2.33. The van der Waals surface area contributed by atoms with Gasteiger partial charge in [-0.25, -0.2) is 0 Å². The van der Waals surface area contributed by atoms with Crippen LogP contribution in [0.15, 0.2) is 29.4 Å². The molecule has 33 heavy (non-hydrogen) atoms. The van der Waals surface area contributed by atoms with Crippen LogP contribution >= 0.6 is 11.8 Å². The number of aromatic nitrogens is 3. The summed E-state index contributed by atoms with van der Waals surface area (Å²) in [5.41, 5.74) is 0.975. The SMILES string of the molecule is COc1cccc(NCc2nnc(SCC(=O)NCCCOC(C)C)n2C2CCCCC2)c1. The van der Waals surface area contributed by atoms with Gasteiger partial charge in [0.2, 0.25) is 5.91 Å². The molecule has 8 nitrogen and oxygen atoms in total. The van der Waals surface area contributed by atoms with E-state index in [4.69, 9.17) is 9.47 Å². The van der Waals surface area contributed by atoms with Crippen molar-refractivity contribution in [3.05, 3.63) is 30.1 Å². The Hall–Kier alpha value is -2.26. The predicted molar refractivity (Wildman–Crippen MR) is 132 cm³/mol. The fourth-order valence-corrected chi connectivity index (χ4v) is 4.80. The second kappa shape index (κ2) is 13.4. The van der Waals surface area contributed by atoms with Crippen LogP contribution in [0.1, 0.15) is 64.2 Å². The largest absolute Gasteiger partial charge is 0.497 e.